The van der Waals surface area contributed by atoms with Crippen LogP contribution < -0.4 is 5.32 Å². The first-order valence-electron chi connectivity index (χ1n) is 9.49. The van der Waals surface area contributed by atoms with Gasteiger partial charge in [0.25, 0.3) is 0 Å². The predicted molar refractivity (Wildman–Crippen MR) is 106 cm³/mol. The number of terminal acetylenes is 1. The third-order valence-electron chi connectivity index (χ3n) is 4.98. The molecular weight excluding hydrogens is 447 g/mol. The summed E-state index contributed by atoms with van der Waals surface area (Å²) < 4.78 is 50.9. The number of alkyl halides is 3. The Morgan fingerprint density at radius 2 is 1.85 bits per heavy atom. The monoisotopic (exact) mass is 465 g/mol. The first-order valence-corrected chi connectivity index (χ1v) is 9.49. The van der Waals surface area contributed by atoms with E-state index < -0.39 is 47.6 Å². The van der Waals surface area contributed by atoms with Crippen LogP contribution in [0.1, 0.15) is 46.2 Å². The molecule has 174 valence electrons. The van der Waals surface area contributed by atoms with E-state index in [2.05, 4.69) is 21.2 Å². The van der Waals surface area contributed by atoms with Gasteiger partial charge in [-0.2, -0.15) is 13.2 Å². The van der Waals surface area contributed by atoms with Crippen molar-refractivity contribution in [3.8, 4) is 12.3 Å². The number of halogens is 3. The number of hydrogen-bond donors (Lipinski definition) is 3. The summed E-state index contributed by atoms with van der Waals surface area (Å²) in [5.41, 5.74) is -1.38. The number of nitrogens with one attached hydrogen (secondary N) is 1. The van der Waals surface area contributed by atoms with Crippen molar-refractivity contribution < 1.29 is 42.4 Å². The maximum Gasteiger partial charge on any atom is 0.416 e. The van der Waals surface area contributed by atoms with E-state index >= 15 is 0 Å². The van der Waals surface area contributed by atoms with Crippen molar-refractivity contribution in [2.75, 3.05) is 18.5 Å². The SMILES string of the molecule is C#CC(Nc1ncnc(C(C(=O)O)C(=O)O)c1C1OCCO1)c1cccc(C(F)(F)F)c1C. The van der Waals surface area contributed by atoms with E-state index in [1.807, 2.05) is 0 Å². The third-order valence-corrected chi connectivity index (χ3v) is 4.98. The molecule has 2 aromatic rings. The summed E-state index contributed by atoms with van der Waals surface area (Å²) in [7, 11) is 0. The van der Waals surface area contributed by atoms with Gasteiger partial charge in [-0.05, 0) is 24.1 Å². The minimum Gasteiger partial charge on any atom is -0.480 e. The number of aliphatic carboxylic acids is 2. The molecule has 1 unspecified atom stereocenters. The molecule has 0 bridgehead atoms. The average Bonchev–Trinajstić information content (AvgIpc) is 3.25. The van der Waals surface area contributed by atoms with Crippen molar-refractivity contribution in [1.82, 2.24) is 9.97 Å². The number of carbonyl (C=O) groups is 2. The highest BCUT2D eigenvalue weighted by atomic mass is 19.4. The molecule has 0 aliphatic carbocycles. The summed E-state index contributed by atoms with van der Waals surface area (Å²) in [6.07, 6.45) is 0.703. The van der Waals surface area contributed by atoms with Crippen molar-refractivity contribution >= 4 is 17.8 Å². The number of nitrogens with zero attached hydrogens (tertiary/aromatic N) is 2. The number of rotatable bonds is 7. The Bertz CT molecular complexity index is 1100. The number of anilines is 1. The minimum atomic E-state index is -4.60. The lowest BCUT2D eigenvalue weighted by Gasteiger charge is -2.23. The molecule has 1 fully saturated rings. The fourth-order valence-electron chi connectivity index (χ4n) is 3.47. The Morgan fingerprint density at radius 3 is 2.39 bits per heavy atom. The van der Waals surface area contributed by atoms with Gasteiger partial charge in [0, 0.05) is 0 Å². The van der Waals surface area contributed by atoms with E-state index in [-0.39, 0.29) is 35.7 Å². The highest BCUT2D eigenvalue weighted by Gasteiger charge is 2.38. The molecule has 1 atom stereocenters. The second kappa shape index (κ2) is 9.43. The quantitative estimate of drug-likeness (QED) is 0.417. The molecule has 12 heteroatoms. The van der Waals surface area contributed by atoms with Gasteiger partial charge >= 0.3 is 18.1 Å². The summed E-state index contributed by atoms with van der Waals surface area (Å²) in [5.74, 6) is -3.23. The van der Waals surface area contributed by atoms with Gasteiger partial charge < -0.3 is 25.0 Å². The topological polar surface area (TPSA) is 131 Å². The van der Waals surface area contributed by atoms with Crippen LogP contribution in [0.4, 0.5) is 19.0 Å². The fraction of sp³-hybridized carbons (Fsp3) is 0.333. The summed E-state index contributed by atoms with van der Waals surface area (Å²) in [6.45, 7) is 1.54. The van der Waals surface area contributed by atoms with E-state index in [9.17, 15) is 33.0 Å². The minimum absolute atomic E-state index is 0.112. The molecule has 1 saturated heterocycles. The van der Waals surface area contributed by atoms with Crippen molar-refractivity contribution in [2.24, 2.45) is 0 Å². The summed E-state index contributed by atoms with van der Waals surface area (Å²) in [6, 6.07) is 2.40. The fourth-order valence-corrected chi connectivity index (χ4v) is 3.47. The Kier molecular flexibility index (Phi) is 6.85. The normalized spacial score (nSPS) is 15.3. The number of hydrogen-bond acceptors (Lipinski definition) is 7. The second-order valence-corrected chi connectivity index (χ2v) is 6.97. The van der Waals surface area contributed by atoms with Crippen molar-refractivity contribution in [3.05, 3.63) is 52.5 Å². The van der Waals surface area contributed by atoms with Crippen LogP contribution in [0.5, 0.6) is 0 Å². The van der Waals surface area contributed by atoms with Crippen LogP contribution in [-0.2, 0) is 25.2 Å². The van der Waals surface area contributed by atoms with E-state index in [4.69, 9.17) is 15.9 Å². The number of carboxylic acids is 2. The van der Waals surface area contributed by atoms with Crippen LogP contribution in [0, 0.1) is 19.3 Å². The first kappa shape index (κ1) is 24.0. The lowest BCUT2D eigenvalue weighted by atomic mass is 9.96. The summed E-state index contributed by atoms with van der Waals surface area (Å²) in [4.78, 5) is 31.1. The molecule has 2 heterocycles. The molecule has 1 aromatic carbocycles. The van der Waals surface area contributed by atoms with Crippen LogP contribution in [0.15, 0.2) is 24.5 Å². The van der Waals surface area contributed by atoms with Crippen molar-refractivity contribution in [2.45, 2.75) is 31.3 Å². The van der Waals surface area contributed by atoms with Crippen LogP contribution >= 0.6 is 0 Å². The zero-order chi connectivity index (χ0) is 24.3. The van der Waals surface area contributed by atoms with Crippen LogP contribution in [0.2, 0.25) is 0 Å². The number of carboxylic acid groups (broad SMARTS) is 2. The third kappa shape index (κ3) is 4.89. The molecule has 3 rings (SSSR count). The largest absolute Gasteiger partial charge is 0.480 e. The molecule has 0 saturated carbocycles. The molecule has 0 spiro atoms. The highest BCUT2D eigenvalue weighted by Crippen LogP contribution is 2.38. The molecule has 0 amide bonds. The van der Waals surface area contributed by atoms with E-state index in [1.54, 1.807) is 0 Å². The highest BCUT2D eigenvalue weighted by molar-refractivity contribution is 5.99. The zero-order valence-electron chi connectivity index (χ0n) is 17.1. The van der Waals surface area contributed by atoms with Crippen molar-refractivity contribution in [1.29, 1.82) is 0 Å². The molecule has 33 heavy (non-hydrogen) atoms. The molecule has 1 aliphatic rings. The molecule has 0 radical (unpaired) electrons. The van der Waals surface area contributed by atoms with Gasteiger partial charge in [-0.1, -0.05) is 18.1 Å². The average molecular weight is 465 g/mol. The van der Waals surface area contributed by atoms with E-state index in [0.29, 0.717) is 0 Å². The number of ether oxygens (including phenoxy) is 2. The zero-order valence-corrected chi connectivity index (χ0v) is 17.1. The molecule has 1 aliphatic heterocycles. The van der Waals surface area contributed by atoms with Gasteiger partial charge in [0.05, 0.1) is 30.0 Å². The second-order valence-electron chi connectivity index (χ2n) is 6.97. The lowest BCUT2D eigenvalue weighted by molar-refractivity contribution is -0.150. The van der Waals surface area contributed by atoms with Gasteiger partial charge in [0.1, 0.15) is 18.2 Å². The standard InChI is InChI=1S/C21H18F3N3O6/c1-3-13(11-5-4-6-12(10(11)2)21(22,23)24)27-17-14(20-32-7-8-33-20)16(25-9-26-17)15(18(28)29)19(30)31/h1,4-6,9,13,15,20H,7-8H2,2H3,(H,28,29)(H,30,31)(H,25,26,27). The molecular formula is C21H18F3N3O6. The van der Waals surface area contributed by atoms with Gasteiger partial charge in [0.2, 0.25) is 0 Å². The van der Waals surface area contributed by atoms with Crippen molar-refractivity contribution in [3.63, 3.8) is 0 Å². The van der Waals surface area contributed by atoms with E-state index in [0.717, 1.165) is 12.4 Å². The first-order chi connectivity index (χ1) is 15.6. The van der Waals surface area contributed by atoms with Crippen LogP contribution in [-0.4, -0.2) is 45.3 Å². The molecule has 3 N–H and O–H groups in total. The Hall–Kier alpha value is -3.69. The lowest BCUT2D eigenvalue weighted by Crippen LogP contribution is -2.26. The van der Waals surface area contributed by atoms with Crippen LogP contribution in [0.3, 0.4) is 0 Å². The maximum absolute atomic E-state index is 13.3. The number of aromatic nitrogens is 2. The number of benzene rings is 1. The Labute approximate surface area is 185 Å². The molecule has 9 nitrogen and oxygen atoms in total. The summed E-state index contributed by atoms with van der Waals surface area (Å²) >= 11 is 0. The Balaban J connectivity index is 2.12. The van der Waals surface area contributed by atoms with Gasteiger partial charge in [0.15, 0.2) is 12.2 Å². The predicted octanol–water partition coefficient (Wildman–Crippen LogP) is 2.89. The van der Waals surface area contributed by atoms with Crippen LogP contribution in [0.25, 0.3) is 0 Å². The smallest absolute Gasteiger partial charge is 0.416 e. The van der Waals surface area contributed by atoms with E-state index in [1.165, 1.54) is 19.1 Å². The molecule has 1 aromatic heterocycles. The summed E-state index contributed by atoms with van der Waals surface area (Å²) in [5, 5.41) is 21.6. The van der Waals surface area contributed by atoms with Gasteiger partial charge in [-0.15, -0.1) is 6.42 Å². The maximum atomic E-state index is 13.3. The van der Waals surface area contributed by atoms with Gasteiger partial charge in [-0.3, -0.25) is 9.59 Å². The Morgan fingerprint density at radius 1 is 1.21 bits per heavy atom. The van der Waals surface area contributed by atoms with Gasteiger partial charge in [-0.25, -0.2) is 9.97 Å².